The van der Waals surface area contributed by atoms with Gasteiger partial charge in [0.05, 0.1) is 31.3 Å². The Kier molecular flexibility index (Phi) is 7.03. The van der Waals surface area contributed by atoms with E-state index in [-0.39, 0.29) is 19.6 Å². The van der Waals surface area contributed by atoms with E-state index in [2.05, 4.69) is 4.74 Å². The van der Waals surface area contributed by atoms with Crippen molar-refractivity contribution in [3.05, 3.63) is 82.6 Å². The van der Waals surface area contributed by atoms with Crippen LogP contribution in [0.5, 0.6) is 5.75 Å². The second-order valence-electron chi connectivity index (χ2n) is 7.53. The molecule has 0 spiro atoms. The number of anilines is 1. The number of thiophene rings is 1. The van der Waals surface area contributed by atoms with Crippen LogP contribution in [0.15, 0.2) is 72.1 Å². The largest absolute Gasteiger partial charge is 0.484 e. The van der Waals surface area contributed by atoms with Crippen LogP contribution in [-0.2, 0) is 25.7 Å². The molecule has 3 aromatic rings. The van der Waals surface area contributed by atoms with Crippen molar-refractivity contribution in [1.29, 1.82) is 0 Å². The summed E-state index contributed by atoms with van der Waals surface area (Å²) >= 11 is 1.46. The predicted molar refractivity (Wildman–Crippen MR) is 125 cm³/mol. The Balaban J connectivity index is 1.54. The van der Waals surface area contributed by atoms with Crippen molar-refractivity contribution in [2.75, 3.05) is 18.6 Å². The van der Waals surface area contributed by atoms with Crippen molar-refractivity contribution in [3.63, 3.8) is 0 Å². The number of hydrogen-bond donors (Lipinski definition) is 0. The van der Waals surface area contributed by atoms with Crippen LogP contribution in [0.3, 0.4) is 0 Å². The van der Waals surface area contributed by atoms with Gasteiger partial charge in [0.2, 0.25) is 5.91 Å². The molecular formula is C25H22N2O6S. The first-order valence-electron chi connectivity index (χ1n) is 10.5. The van der Waals surface area contributed by atoms with E-state index in [9.17, 15) is 19.2 Å². The highest BCUT2D eigenvalue weighted by Crippen LogP contribution is 2.28. The Morgan fingerprint density at radius 2 is 1.76 bits per heavy atom. The molecule has 1 saturated heterocycles. The number of ether oxygens (including phenoxy) is 2. The standard InChI is InChI=1S/C25H22N2O6S/c1-32-25(31)17-9-11-18(12-10-17)27-22(28)14-21(24(27)30)26(15-20-8-5-13-34-20)23(29)16-33-19-6-3-2-4-7-19/h2-13,21H,14-16H2,1H3. The summed E-state index contributed by atoms with van der Waals surface area (Å²) in [5.74, 6) is -1.30. The SMILES string of the molecule is COC(=O)c1ccc(N2C(=O)CC(N(Cc3cccs3)C(=O)COc3ccccc3)C2=O)cc1. The molecule has 1 aromatic heterocycles. The quantitative estimate of drug-likeness (QED) is 0.364. The van der Waals surface area contributed by atoms with Crippen molar-refractivity contribution < 1.29 is 28.7 Å². The summed E-state index contributed by atoms with van der Waals surface area (Å²) in [6.07, 6.45) is -0.139. The summed E-state index contributed by atoms with van der Waals surface area (Å²) in [6.45, 7) is -0.0748. The number of amides is 3. The van der Waals surface area contributed by atoms with Gasteiger partial charge in [-0.05, 0) is 47.8 Å². The van der Waals surface area contributed by atoms with E-state index in [0.717, 1.165) is 9.78 Å². The van der Waals surface area contributed by atoms with E-state index >= 15 is 0 Å². The molecule has 34 heavy (non-hydrogen) atoms. The molecule has 0 saturated carbocycles. The monoisotopic (exact) mass is 478 g/mol. The molecule has 1 aliphatic heterocycles. The minimum absolute atomic E-state index is 0.139. The molecule has 4 rings (SSSR count). The molecular weight excluding hydrogens is 456 g/mol. The predicted octanol–water partition coefficient (Wildman–Crippen LogP) is 3.27. The third-order valence-electron chi connectivity index (χ3n) is 5.38. The first-order valence-corrected chi connectivity index (χ1v) is 11.4. The molecule has 9 heteroatoms. The van der Waals surface area contributed by atoms with E-state index in [0.29, 0.717) is 17.0 Å². The minimum atomic E-state index is -0.957. The highest BCUT2D eigenvalue weighted by molar-refractivity contribution is 7.09. The topological polar surface area (TPSA) is 93.2 Å². The van der Waals surface area contributed by atoms with Crippen LogP contribution in [0.2, 0.25) is 0 Å². The number of methoxy groups -OCH3 is 1. The van der Waals surface area contributed by atoms with Gasteiger partial charge < -0.3 is 14.4 Å². The fraction of sp³-hybridized carbons (Fsp3) is 0.200. The molecule has 0 bridgehead atoms. The maximum Gasteiger partial charge on any atom is 0.337 e. The fourth-order valence-corrected chi connectivity index (χ4v) is 4.39. The van der Waals surface area contributed by atoms with E-state index in [1.807, 2.05) is 23.6 Å². The Labute approximate surface area is 200 Å². The number of hydrogen-bond acceptors (Lipinski definition) is 7. The van der Waals surface area contributed by atoms with Crippen molar-refractivity contribution in [2.24, 2.45) is 0 Å². The number of rotatable bonds is 8. The molecule has 8 nitrogen and oxygen atoms in total. The molecule has 1 unspecified atom stereocenters. The summed E-state index contributed by atoms with van der Waals surface area (Å²) in [5, 5.41) is 1.88. The van der Waals surface area contributed by atoms with Crippen molar-refractivity contribution >= 4 is 40.7 Å². The normalized spacial score (nSPS) is 15.3. The zero-order chi connectivity index (χ0) is 24.1. The second-order valence-corrected chi connectivity index (χ2v) is 8.56. The number of para-hydroxylation sites is 1. The lowest BCUT2D eigenvalue weighted by Gasteiger charge is -2.27. The first kappa shape index (κ1) is 23.2. The Bertz CT molecular complexity index is 1180. The van der Waals surface area contributed by atoms with E-state index in [4.69, 9.17) is 4.74 Å². The molecule has 1 fully saturated rings. The lowest BCUT2D eigenvalue weighted by Crippen LogP contribution is -2.46. The van der Waals surface area contributed by atoms with Crippen molar-refractivity contribution in [2.45, 2.75) is 19.0 Å². The first-order chi connectivity index (χ1) is 16.5. The maximum absolute atomic E-state index is 13.3. The number of nitrogens with zero attached hydrogens (tertiary/aromatic N) is 2. The lowest BCUT2D eigenvalue weighted by molar-refractivity contribution is -0.140. The average Bonchev–Trinajstić information content (AvgIpc) is 3.48. The van der Waals surface area contributed by atoms with Gasteiger partial charge in [-0.25, -0.2) is 9.69 Å². The highest BCUT2D eigenvalue weighted by Gasteiger charge is 2.44. The smallest absolute Gasteiger partial charge is 0.337 e. The zero-order valence-corrected chi connectivity index (χ0v) is 19.2. The van der Waals surface area contributed by atoms with Gasteiger partial charge in [-0.3, -0.25) is 14.4 Å². The number of esters is 1. The van der Waals surface area contributed by atoms with Gasteiger partial charge in [0.15, 0.2) is 6.61 Å². The van der Waals surface area contributed by atoms with E-state index in [1.54, 1.807) is 24.3 Å². The van der Waals surface area contributed by atoms with Crippen molar-refractivity contribution in [1.82, 2.24) is 4.90 Å². The number of benzene rings is 2. The second kappa shape index (κ2) is 10.3. The molecule has 2 aromatic carbocycles. The van der Waals surface area contributed by atoms with Gasteiger partial charge in [-0.15, -0.1) is 11.3 Å². The summed E-state index contributed by atoms with van der Waals surface area (Å²) in [6, 6.07) is 17.7. The van der Waals surface area contributed by atoms with Crippen molar-refractivity contribution in [3.8, 4) is 5.75 Å². The van der Waals surface area contributed by atoms with Gasteiger partial charge in [0, 0.05) is 4.88 Å². The summed E-state index contributed by atoms with van der Waals surface area (Å²) in [7, 11) is 1.27. The van der Waals surface area contributed by atoms with Crippen LogP contribution in [0.25, 0.3) is 0 Å². The van der Waals surface area contributed by atoms with Gasteiger partial charge in [-0.1, -0.05) is 24.3 Å². The molecule has 174 valence electrons. The Morgan fingerprint density at radius 3 is 2.41 bits per heavy atom. The molecule has 3 amide bonds. The van der Waals surface area contributed by atoms with Gasteiger partial charge in [0.1, 0.15) is 11.8 Å². The summed E-state index contributed by atoms with van der Waals surface area (Å²) in [4.78, 5) is 54.3. The zero-order valence-electron chi connectivity index (χ0n) is 18.4. The maximum atomic E-state index is 13.3. The number of carbonyl (C=O) groups excluding carboxylic acids is 4. The third kappa shape index (κ3) is 4.99. The number of carbonyl (C=O) groups is 4. The Hall–Kier alpha value is -3.98. The van der Waals surface area contributed by atoms with Crippen LogP contribution >= 0.6 is 11.3 Å². The van der Waals surface area contributed by atoms with Crippen LogP contribution in [-0.4, -0.2) is 48.3 Å². The van der Waals surface area contributed by atoms with Crippen LogP contribution in [0, 0.1) is 0 Å². The van der Waals surface area contributed by atoms with Crippen LogP contribution < -0.4 is 9.64 Å². The summed E-state index contributed by atoms with van der Waals surface area (Å²) in [5.41, 5.74) is 0.628. The minimum Gasteiger partial charge on any atom is -0.484 e. The summed E-state index contributed by atoms with van der Waals surface area (Å²) < 4.78 is 10.3. The number of imide groups is 1. The molecule has 1 atom stereocenters. The molecule has 1 aliphatic rings. The lowest BCUT2D eigenvalue weighted by atomic mass is 10.2. The van der Waals surface area contributed by atoms with Crippen LogP contribution in [0.4, 0.5) is 5.69 Å². The fourth-order valence-electron chi connectivity index (χ4n) is 3.68. The average molecular weight is 479 g/mol. The van der Waals surface area contributed by atoms with Gasteiger partial charge in [-0.2, -0.15) is 0 Å². The molecule has 0 N–H and O–H groups in total. The third-order valence-corrected chi connectivity index (χ3v) is 6.24. The van der Waals surface area contributed by atoms with Gasteiger partial charge >= 0.3 is 5.97 Å². The van der Waals surface area contributed by atoms with E-state index < -0.39 is 29.7 Å². The van der Waals surface area contributed by atoms with E-state index in [1.165, 1.54) is 47.6 Å². The molecule has 0 aliphatic carbocycles. The Morgan fingerprint density at radius 1 is 1.03 bits per heavy atom. The highest BCUT2D eigenvalue weighted by atomic mass is 32.1. The van der Waals surface area contributed by atoms with Gasteiger partial charge in [0.25, 0.3) is 11.8 Å². The molecule has 2 heterocycles. The molecule has 0 radical (unpaired) electrons. The van der Waals surface area contributed by atoms with Crippen LogP contribution in [0.1, 0.15) is 21.7 Å².